The van der Waals surface area contributed by atoms with Crippen LogP contribution >= 0.6 is 0 Å². The highest BCUT2D eigenvalue weighted by molar-refractivity contribution is 7.89. The van der Waals surface area contributed by atoms with Crippen molar-refractivity contribution in [1.29, 1.82) is 5.26 Å². The molecule has 1 heterocycles. The van der Waals surface area contributed by atoms with Crippen LogP contribution in [0.1, 0.15) is 12.0 Å². The highest BCUT2D eigenvalue weighted by atomic mass is 32.2. The van der Waals surface area contributed by atoms with E-state index in [0.717, 1.165) is 31.6 Å². The summed E-state index contributed by atoms with van der Waals surface area (Å²) in [5.74, 6) is -0.436. The second-order valence-electron chi connectivity index (χ2n) is 5.02. The Bertz CT molecular complexity index is 640. The topological polar surface area (TPSA) is 73.2 Å². The lowest BCUT2D eigenvalue weighted by molar-refractivity contribution is 0.394. The molecule has 1 atom stereocenters. The smallest absolute Gasteiger partial charge is 0.240 e. The van der Waals surface area contributed by atoms with Crippen LogP contribution in [0.3, 0.4) is 0 Å². The number of hydrogen-bond acceptors (Lipinski definition) is 4. The van der Waals surface area contributed by atoms with Crippen LogP contribution in [0.5, 0.6) is 0 Å². The van der Waals surface area contributed by atoms with Crippen LogP contribution in [-0.2, 0) is 10.0 Å². The van der Waals surface area contributed by atoms with Crippen molar-refractivity contribution in [3.63, 3.8) is 0 Å². The van der Waals surface area contributed by atoms with Crippen molar-refractivity contribution >= 4 is 10.0 Å². The van der Waals surface area contributed by atoms with E-state index < -0.39 is 15.8 Å². The van der Waals surface area contributed by atoms with E-state index in [1.807, 2.05) is 7.05 Å². The third-order valence-electron chi connectivity index (χ3n) is 3.42. The first kappa shape index (κ1) is 14.9. The zero-order chi connectivity index (χ0) is 14.8. The minimum absolute atomic E-state index is 0.0817. The van der Waals surface area contributed by atoms with Crippen LogP contribution in [0.4, 0.5) is 4.39 Å². The van der Waals surface area contributed by atoms with Crippen LogP contribution in [0.15, 0.2) is 23.1 Å². The molecular formula is C13H16FN3O2S. The van der Waals surface area contributed by atoms with E-state index in [-0.39, 0.29) is 16.4 Å². The molecule has 1 aromatic carbocycles. The van der Waals surface area contributed by atoms with Gasteiger partial charge in [-0.3, -0.25) is 0 Å². The number of nitrogens with zero attached hydrogens (tertiary/aromatic N) is 2. The predicted molar refractivity (Wildman–Crippen MR) is 71.9 cm³/mol. The fourth-order valence-corrected chi connectivity index (χ4v) is 3.40. The van der Waals surface area contributed by atoms with Gasteiger partial charge in [-0.05, 0) is 44.1 Å². The molecule has 1 saturated heterocycles. The monoisotopic (exact) mass is 297 g/mol. The molecule has 0 aromatic heterocycles. The van der Waals surface area contributed by atoms with Crippen molar-refractivity contribution in [3.05, 3.63) is 29.6 Å². The number of sulfonamides is 1. The summed E-state index contributed by atoms with van der Waals surface area (Å²) in [6, 6.07) is 4.85. The van der Waals surface area contributed by atoms with Crippen molar-refractivity contribution < 1.29 is 12.8 Å². The Morgan fingerprint density at radius 2 is 2.30 bits per heavy atom. The minimum atomic E-state index is -3.70. The van der Waals surface area contributed by atoms with Gasteiger partial charge in [0, 0.05) is 13.1 Å². The summed E-state index contributed by atoms with van der Waals surface area (Å²) in [6.45, 7) is 2.17. The molecule has 1 fully saturated rings. The molecule has 7 heteroatoms. The molecule has 0 amide bonds. The molecule has 1 aliphatic heterocycles. The summed E-state index contributed by atoms with van der Waals surface area (Å²) in [5, 5.41) is 8.73. The Hall–Kier alpha value is -1.49. The van der Waals surface area contributed by atoms with Crippen molar-refractivity contribution in [3.8, 4) is 6.07 Å². The van der Waals surface area contributed by atoms with Crippen molar-refractivity contribution in [2.45, 2.75) is 11.3 Å². The van der Waals surface area contributed by atoms with E-state index in [9.17, 15) is 12.8 Å². The van der Waals surface area contributed by atoms with Gasteiger partial charge < -0.3 is 4.90 Å². The quantitative estimate of drug-likeness (QED) is 0.897. The van der Waals surface area contributed by atoms with Crippen LogP contribution in [0, 0.1) is 23.1 Å². The van der Waals surface area contributed by atoms with Crippen molar-refractivity contribution in [2.75, 3.05) is 26.7 Å². The van der Waals surface area contributed by atoms with E-state index in [1.54, 1.807) is 6.07 Å². The zero-order valence-electron chi connectivity index (χ0n) is 11.1. The molecule has 5 nitrogen and oxygen atoms in total. The van der Waals surface area contributed by atoms with Gasteiger partial charge in [0.25, 0.3) is 0 Å². The molecule has 0 spiro atoms. The molecule has 0 bridgehead atoms. The third-order valence-corrected chi connectivity index (χ3v) is 4.84. The van der Waals surface area contributed by atoms with Crippen LogP contribution in [-0.4, -0.2) is 40.0 Å². The van der Waals surface area contributed by atoms with Crippen LogP contribution < -0.4 is 4.72 Å². The molecule has 0 radical (unpaired) electrons. The summed E-state index contributed by atoms with van der Waals surface area (Å²) >= 11 is 0. The summed E-state index contributed by atoms with van der Waals surface area (Å²) in [4.78, 5) is 2.06. The second kappa shape index (κ2) is 5.87. The van der Waals surface area contributed by atoms with Gasteiger partial charge >= 0.3 is 0 Å². The Balaban J connectivity index is 2.09. The fraction of sp³-hybridized carbons (Fsp3) is 0.462. The van der Waals surface area contributed by atoms with E-state index >= 15 is 0 Å². The molecule has 1 N–H and O–H groups in total. The van der Waals surface area contributed by atoms with E-state index in [2.05, 4.69) is 9.62 Å². The molecule has 108 valence electrons. The Morgan fingerprint density at radius 1 is 1.55 bits per heavy atom. The summed E-state index contributed by atoms with van der Waals surface area (Å²) in [7, 11) is -1.71. The molecule has 2 rings (SSSR count). The molecule has 1 aliphatic rings. The summed E-state index contributed by atoms with van der Waals surface area (Å²) in [6.07, 6.45) is 0.950. The van der Waals surface area contributed by atoms with Crippen molar-refractivity contribution in [2.24, 2.45) is 5.92 Å². The Labute approximate surface area is 118 Å². The minimum Gasteiger partial charge on any atom is -0.306 e. The van der Waals surface area contributed by atoms with E-state index in [1.165, 1.54) is 6.07 Å². The maximum atomic E-state index is 13.2. The second-order valence-corrected chi connectivity index (χ2v) is 6.79. The number of likely N-dealkylation sites (tertiary alicyclic amines) is 1. The number of nitriles is 1. The molecule has 1 aromatic rings. The molecule has 20 heavy (non-hydrogen) atoms. The first-order valence-corrected chi connectivity index (χ1v) is 7.78. The molecule has 1 unspecified atom stereocenters. The zero-order valence-corrected chi connectivity index (χ0v) is 12.0. The van der Waals surface area contributed by atoms with Gasteiger partial charge in [0.15, 0.2) is 0 Å². The lowest BCUT2D eigenvalue weighted by Gasteiger charge is -2.12. The SMILES string of the molecule is CN1CCC(CNS(=O)(=O)c2ccc(F)c(C#N)c2)C1. The molecule has 0 saturated carbocycles. The number of halogens is 1. The Morgan fingerprint density at radius 3 is 2.90 bits per heavy atom. The number of rotatable bonds is 4. The van der Waals surface area contributed by atoms with Gasteiger partial charge in [-0.1, -0.05) is 0 Å². The van der Waals surface area contributed by atoms with Gasteiger partial charge in [0.2, 0.25) is 10.0 Å². The number of benzene rings is 1. The van der Waals surface area contributed by atoms with Crippen LogP contribution in [0.25, 0.3) is 0 Å². The summed E-state index contributed by atoms with van der Waals surface area (Å²) < 4.78 is 39.9. The van der Waals surface area contributed by atoms with Gasteiger partial charge in [-0.15, -0.1) is 0 Å². The first-order valence-electron chi connectivity index (χ1n) is 6.30. The average molecular weight is 297 g/mol. The Kier molecular flexibility index (Phi) is 4.38. The predicted octanol–water partition coefficient (Wildman–Crippen LogP) is 0.927. The van der Waals surface area contributed by atoms with E-state index in [4.69, 9.17) is 5.26 Å². The lowest BCUT2D eigenvalue weighted by Crippen LogP contribution is -2.30. The molecular weight excluding hydrogens is 281 g/mol. The molecule has 0 aliphatic carbocycles. The van der Waals surface area contributed by atoms with Gasteiger partial charge in [0.1, 0.15) is 11.9 Å². The number of hydrogen-bond donors (Lipinski definition) is 1. The highest BCUT2D eigenvalue weighted by Gasteiger charge is 2.22. The first-order chi connectivity index (χ1) is 9.42. The fourth-order valence-electron chi connectivity index (χ4n) is 2.26. The standard InChI is InChI=1S/C13H16FN3O2S/c1-17-5-4-10(9-17)8-16-20(18,19)12-2-3-13(14)11(6-12)7-15/h2-3,6,10,16H,4-5,8-9H2,1H3. The number of nitrogens with one attached hydrogen (secondary N) is 1. The lowest BCUT2D eigenvalue weighted by atomic mass is 10.1. The van der Waals surface area contributed by atoms with Crippen LogP contribution in [0.2, 0.25) is 0 Å². The average Bonchev–Trinajstić information content (AvgIpc) is 2.83. The maximum absolute atomic E-state index is 13.2. The maximum Gasteiger partial charge on any atom is 0.240 e. The van der Waals surface area contributed by atoms with Crippen molar-refractivity contribution in [1.82, 2.24) is 9.62 Å². The third kappa shape index (κ3) is 3.33. The summed E-state index contributed by atoms with van der Waals surface area (Å²) in [5.41, 5.74) is -0.270. The van der Waals surface area contributed by atoms with E-state index in [0.29, 0.717) is 6.54 Å². The van der Waals surface area contributed by atoms with Gasteiger partial charge in [-0.2, -0.15) is 5.26 Å². The largest absolute Gasteiger partial charge is 0.306 e. The van der Waals surface area contributed by atoms with Gasteiger partial charge in [0.05, 0.1) is 10.5 Å². The van der Waals surface area contributed by atoms with Gasteiger partial charge in [-0.25, -0.2) is 17.5 Å². The highest BCUT2D eigenvalue weighted by Crippen LogP contribution is 2.17. The normalized spacial score (nSPS) is 19.9.